The average Bonchev–Trinajstić information content (AvgIpc) is 3.16. The van der Waals surface area contributed by atoms with Crippen molar-refractivity contribution in [3.8, 4) is 17.2 Å². The Morgan fingerprint density at radius 3 is 2.12 bits per heavy atom. The number of amides is 1. The Balaban J connectivity index is 1.69. The van der Waals surface area contributed by atoms with Crippen LogP contribution in [0.25, 0.3) is 0 Å². The lowest BCUT2D eigenvalue weighted by atomic mass is 10.1. The van der Waals surface area contributed by atoms with Gasteiger partial charge in [0.2, 0.25) is 0 Å². The van der Waals surface area contributed by atoms with E-state index in [1.807, 2.05) is 31.2 Å². The molecule has 2 aromatic carbocycles. The number of nitrogens with one attached hydrogen (secondary N) is 1. The minimum absolute atomic E-state index is 0.217. The van der Waals surface area contributed by atoms with Crippen molar-refractivity contribution in [2.24, 2.45) is 0 Å². The first-order valence-corrected chi connectivity index (χ1v) is 8.91. The fourth-order valence-electron chi connectivity index (χ4n) is 3.24. The van der Waals surface area contributed by atoms with Crippen molar-refractivity contribution in [2.75, 3.05) is 19.5 Å². The van der Waals surface area contributed by atoms with E-state index in [1.54, 1.807) is 26.4 Å². The zero-order chi connectivity index (χ0) is 18.5. The lowest BCUT2D eigenvalue weighted by Gasteiger charge is -2.14. The van der Waals surface area contributed by atoms with E-state index in [4.69, 9.17) is 14.2 Å². The molecular weight excluding hydrogens is 330 g/mol. The highest BCUT2D eigenvalue weighted by Gasteiger charge is 2.17. The van der Waals surface area contributed by atoms with E-state index in [0.29, 0.717) is 28.9 Å². The highest BCUT2D eigenvalue weighted by Crippen LogP contribution is 2.30. The number of carbonyl (C=O) groups excluding carboxylic acids is 1. The summed E-state index contributed by atoms with van der Waals surface area (Å²) in [7, 11) is 3.15. The van der Waals surface area contributed by atoms with Crippen molar-refractivity contribution >= 4 is 11.6 Å². The van der Waals surface area contributed by atoms with Gasteiger partial charge < -0.3 is 19.5 Å². The fraction of sp³-hybridized carbons (Fsp3) is 0.381. The van der Waals surface area contributed by atoms with Crippen LogP contribution in [0, 0.1) is 6.92 Å². The molecule has 0 aromatic heterocycles. The van der Waals surface area contributed by atoms with Crippen molar-refractivity contribution in [1.29, 1.82) is 0 Å². The zero-order valence-corrected chi connectivity index (χ0v) is 15.5. The number of hydrogen-bond acceptors (Lipinski definition) is 4. The molecule has 0 bridgehead atoms. The molecule has 1 fully saturated rings. The van der Waals surface area contributed by atoms with Crippen LogP contribution in [0.15, 0.2) is 36.4 Å². The lowest BCUT2D eigenvalue weighted by molar-refractivity contribution is 0.102. The number of benzene rings is 2. The monoisotopic (exact) mass is 355 g/mol. The molecule has 5 nitrogen and oxygen atoms in total. The average molecular weight is 355 g/mol. The third-order valence-corrected chi connectivity index (χ3v) is 4.73. The maximum absolute atomic E-state index is 12.6. The molecule has 2 aromatic rings. The van der Waals surface area contributed by atoms with Gasteiger partial charge in [0.25, 0.3) is 5.91 Å². The number of ether oxygens (including phenoxy) is 3. The van der Waals surface area contributed by atoms with Crippen LogP contribution in [0.4, 0.5) is 5.69 Å². The fourth-order valence-corrected chi connectivity index (χ4v) is 3.24. The van der Waals surface area contributed by atoms with E-state index in [1.165, 1.54) is 12.8 Å². The molecule has 1 aliphatic rings. The molecule has 0 aliphatic heterocycles. The number of rotatable bonds is 6. The van der Waals surface area contributed by atoms with E-state index in [9.17, 15) is 4.79 Å². The third-order valence-electron chi connectivity index (χ3n) is 4.73. The Kier molecular flexibility index (Phi) is 5.66. The van der Waals surface area contributed by atoms with Gasteiger partial charge in [0.15, 0.2) is 0 Å². The van der Waals surface area contributed by atoms with Crippen LogP contribution in [0.3, 0.4) is 0 Å². The molecule has 0 heterocycles. The van der Waals surface area contributed by atoms with Gasteiger partial charge in [-0.25, -0.2) is 0 Å². The summed E-state index contributed by atoms with van der Waals surface area (Å²) in [5, 5.41) is 2.90. The van der Waals surface area contributed by atoms with Gasteiger partial charge in [-0.05, 0) is 69.0 Å². The summed E-state index contributed by atoms with van der Waals surface area (Å²) in [6, 6.07) is 10.9. The third kappa shape index (κ3) is 4.10. The van der Waals surface area contributed by atoms with E-state index in [-0.39, 0.29) is 5.91 Å². The van der Waals surface area contributed by atoms with Crippen molar-refractivity contribution in [3.63, 3.8) is 0 Å². The maximum atomic E-state index is 12.6. The molecule has 0 atom stereocenters. The van der Waals surface area contributed by atoms with Crippen LogP contribution >= 0.6 is 0 Å². The smallest absolute Gasteiger partial charge is 0.255 e. The largest absolute Gasteiger partial charge is 0.496 e. The number of methoxy groups -OCH3 is 2. The Hall–Kier alpha value is -2.69. The Morgan fingerprint density at radius 1 is 1.00 bits per heavy atom. The van der Waals surface area contributed by atoms with Crippen LogP contribution in [0.5, 0.6) is 17.2 Å². The lowest BCUT2D eigenvalue weighted by Crippen LogP contribution is -2.13. The summed E-state index contributed by atoms with van der Waals surface area (Å²) in [5.74, 6) is 1.87. The number of hydrogen-bond donors (Lipinski definition) is 1. The number of carbonyl (C=O) groups is 1. The molecule has 3 rings (SSSR count). The quantitative estimate of drug-likeness (QED) is 0.824. The summed E-state index contributed by atoms with van der Waals surface area (Å²) in [6.07, 6.45) is 5.04. The molecule has 0 unspecified atom stereocenters. The molecular formula is C21H25NO4. The molecule has 1 N–H and O–H groups in total. The highest BCUT2D eigenvalue weighted by atomic mass is 16.5. The van der Waals surface area contributed by atoms with Crippen LogP contribution in [0.1, 0.15) is 41.6 Å². The van der Waals surface area contributed by atoms with Gasteiger partial charge in [-0.1, -0.05) is 0 Å². The van der Waals surface area contributed by atoms with Crippen LogP contribution in [0.2, 0.25) is 0 Å². The van der Waals surface area contributed by atoms with Gasteiger partial charge in [0.1, 0.15) is 17.2 Å². The second-order valence-electron chi connectivity index (χ2n) is 6.51. The molecule has 5 heteroatoms. The summed E-state index contributed by atoms with van der Waals surface area (Å²) in [6.45, 7) is 1.89. The molecule has 26 heavy (non-hydrogen) atoms. The van der Waals surface area contributed by atoms with Gasteiger partial charge in [-0.15, -0.1) is 0 Å². The first-order chi connectivity index (χ1) is 12.6. The summed E-state index contributed by atoms with van der Waals surface area (Å²) in [4.78, 5) is 12.6. The first-order valence-electron chi connectivity index (χ1n) is 8.91. The van der Waals surface area contributed by atoms with E-state index in [2.05, 4.69) is 5.32 Å². The van der Waals surface area contributed by atoms with Crippen molar-refractivity contribution in [1.82, 2.24) is 0 Å². The van der Waals surface area contributed by atoms with Crippen molar-refractivity contribution in [2.45, 2.75) is 38.7 Å². The molecule has 0 saturated heterocycles. The molecule has 1 amide bonds. The van der Waals surface area contributed by atoms with Gasteiger partial charge in [-0.3, -0.25) is 4.79 Å². The van der Waals surface area contributed by atoms with Crippen LogP contribution in [-0.2, 0) is 0 Å². The maximum Gasteiger partial charge on any atom is 0.255 e. The van der Waals surface area contributed by atoms with Crippen molar-refractivity contribution in [3.05, 3.63) is 47.5 Å². The van der Waals surface area contributed by atoms with Gasteiger partial charge >= 0.3 is 0 Å². The predicted octanol–water partition coefficient (Wildman–Crippen LogP) is 4.59. The second kappa shape index (κ2) is 8.13. The molecule has 1 aliphatic carbocycles. The second-order valence-corrected chi connectivity index (χ2v) is 6.51. The zero-order valence-electron chi connectivity index (χ0n) is 15.5. The summed E-state index contributed by atoms with van der Waals surface area (Å²) < 4.78 is 16.6. The summed E-state index contributed by atoms with van der Waals surface area (Å²) in [5.41, 5.74) is 2.06. The molecule has 1 saturated carbocycles. The van der Waals surface area contributed by atoms with E-state index < -0.39 is 0 Å². The normalized spacial score (nSPS) is 14.1. The molecule has 0 spiro atoms. The topological polar surface area (TPSA) is 56.8 Å². The minimum Gasteiger partial charge on any atom is -0.496 e. The summed E-state index contributed by atoms with van der Waals surface area (Å²) >= 11 is 0. The van der Waals surface area contributed by atoms with Crippen LogP contribution < -0.4 is 19.5 Å². The molecule has 0 radical (unpaired) electrons. The van der Waals surface area contributed by atoms with E-state index >= 15 is 0 Å². The Labute approximate surface area is 154 Å². The SMILES string of the molecule is COc1cc(C(=O)Nc2ccc(OC3CCCC3)cc2)cc(OC)c1C. The van der Waals surface area contributed by atoms with Crippen molar-refractivity contribution < 1.29 is 19.0 Å². The standard InChI is InChI=1S/C21H25NO4/c1-14-19(24-2)12-15(13-20(14)25-3)21(23)22-16-8-10-18(11-9-16)26-17-6-4-5-7-17/h8-13,17H,4-7H2,1-3H3,(H,22,23). The Bertz CT molecular complexity index is 739. The first kappa shape index (κ1) is 18.1. The van der Waals surface area contributed by atoms with Crippen LogP contribution in [-0.4, -0.2) is 26.2 Å². The predicted molar refractivity (Wildman–Crippen MR) is 102 cm³/mol. The van der Waals surface area contributed by atoms with Gasteiger partial charge in [-0.2, -0.15) is 0 Å². The highest BCUT2D eigenvalue weighted by molar-refractivity contribution is 6.05. The van der Waals surface area contributed by atoms with E-state index in [0.717, 1.165) is 24.2 Å². The van der Waals surface area contributed by atoms with Gasteiger partial charge in [0.05, 0.1) is 20.3 Å². The Morgan fingerprint density at radius 2 is 1.58 bits per heavy atom. The number of anilines is 1. The van der Waals surface area contributed by atoms with Gasteiger partial charge in [0, 0.05) is 16.8 Å². The molecule has 138 valence electrons. The minimum atomic E-state index is -0.217.